The number of hydrogen-bond acceptors (Lipinski definition) is 6. The van der Waals surface area contributed by atoms with E-state index in [1.165, 1.54) is 7.11 Å². The molecule has 1 atom stereocenters. The molecule has 0 saturated carbocycles. The lowest BCUT2D eigenvalue weighted by atomic mass is 9.98. The fourth-order valence-electron chi connectivity index (χ4n) is 4.06. The molecule has 3 rings (SSSR count). The Morgan fingerprint density at radius 1 is 1.15 bits per heavy atom. The molecule has 0 aliphatic carbocycles. The number of hydrogen-bond donors (Lipinski definition) is 1. The molecule has 0 bridgehead atoms. The molecule has 7 nitrogen and oxygen atoms in total. The van der Waals surface area contributed by atoms with Crippen molar-refractivity contribution in [3.8, 4) is 11.5 Å². The Morgan fingerprint density at radius 3 is 2.67 bits per heavy atom. The Hall–Kier alpha value is -3.22. The summed E-state index contributed by atoms with van der Waals surface area (Å²) in [5.41, 5.74) is 3.06. The highest BCUT2D eigenvalue weighted by atomic mass is 16.5. The molecule has 33 heavy (non-hydrogen) atoms. The van der Waals surface area contributed by atoms with Crippen molar-refractivity contribution in [1.82, 2.24) is 0 Å². The average Bonchev–Trinajstić information content (AvgIpc) is 2.84. The maximum atomic E-state index is 12.8. The molecule has 0 spiro atoms. The maximum Gasteiger partial charge on any atom is 0.337 e. The maximum absolute atomic E-state index is 12.8. The molecule has 1 amide bonds. The van der Waals surface area contributed by atoms with Gasteiger partial charge >= 0.3 is 5.97 Å². The number of methoxy groups -OCH3 is 2. The number of nitrogens with zero attached hydrogens (tertiary/aromatic N) is 1. The first-order chi connectivity index (χ1) is 16.0. The zero-order valence-corrected chi connectivity index (χ0v) is 20.0. The number of rotatable bonds is 10. The Balaban J connectivity index is 1.80. The standard InChI is InChI=1S/C26H34N2O5/c1-5-7-8-18(6-2)25(29)27-21-11-12-23-22(16-21)28(13-14-33-23)17-20-10-9-19(26(30)32-4)15-24(20)31-3/h9-12,15-16,18H,5-8,13-14,17H2,1-4H3,(H,27,29). The SMILES string of the molecule is CCCCC(CC)C(=O)Nc1ccc2c(c1)N(Cc1ccc(C(=O)OC)cc1OC)CCO2. The van der Waals surface area contributed by atoms with E-state index in [1.807, 2.05) is 24.3 Å². The van der Waals surface area contributed by atoms with Crippen molar-refractivity contribution < 1.29 is 23.8 Å². The second-order valence-corrected chi connectivity index (χ2v) is 8.21. The molecular formula is C26H34N2O5. The van der Waals surface area contributed by atoms with Gasteiger partial charge in [0.05, 0.1) is 32.0 Å². The molecule has 0 radical (unpaired) electrons. The minimum absolute atomic E-state index is 0.0194. The summed E-state index contributed by atoms with van der Waals surface area (Å²) >= 11 is 0. The monoisotopic (exact) mass is 454 g/mol. The molecule has 1 aliphatic rings. The molecule has 0 aromatic heterocycles. The van der Waals surface area contributed by atoms with Crippen molar-refractivity contribution in [3.05, 3.63) is 47.5 Å². The summed E-state index contributed by atoms with van der Waals surface area (Å²) < 4.78 is 16.2. The highest BCUT2D eigenvalue weighted by Gasteiger charge is 2.22. The highest BCUT2D eigenvalue weighted by Crippen LogP contribution is 2.36. The summed E-state index contributed by atoms with van der Waals surface area (Å²) in [6, 6.07) is 11.1. The number of fused-ring (bicyclic) bond motifs is 1. The first-order valence-corrected chi connectivity index (χ1v) is 11.6. The second-order valence-electron chi connectivity index (χ2n) is 8.21. The molecule has 2 aromatic rings. The fraction of sp³-hybridized carbons (Fsp3) is 0.462. The van der Waals surface area contributed by atoms with Crippen LogP contribution in [0.25, 0.3) is 0 Å². The van der Waals surface area contributed by atoms with Gasteiger partial charge in [0.1, 0.15) is 18.1 Å². The van der Waals surface area contributed by atoms with Crippen molar-refractivity contribution >= 4 is 23.3 Å². The van der Waals surface area contributed by atoms with Crippen LogP contribution in [0.1, 0.15) is 55.5 Å². The number of esters is 1. The molecule has 7 heteroatoms. The number of nitrogens with one attached hydrogen (secondary N) is 1. The van der Waals surface area contributed by atoms with Crippen LogP contribution >= 0.6 is 0 Å². The summed E-state index contributed by atoms with van der Waals surface area (Å²) in [5.74, 6) is 1.08. The van der Waals surface area contributed by atoms with Crippen LogP contribution in [-0.2, 0) is 16.1 Å². The first kappa shape index (κ1) is 24.4. The third kappa shape index (κ3) is 5.97. The largest absolute Gasteiger partial charge is 0.496 e. The number of carbonyl (C=O) groups excluding carboxylic acids is 2. The van der Waals surface area contributed by atoms with Crippen LogP contribution in [0.4, 0.5) is 11.4 Å². The first-order valence-electron chi connectivity index (χ1n) is 11.6. The van der Waals surface area contributed by atoms with E-state index in [4.69, 9.17) is 14.2 Å². The van der Waals surface area contributed by atoms with Gasteiger partial charge in [-0.05, 0) is 43.2 Å². The highest BCUT2D eigenvalue weighted by molar-refractivity contribution is 5.93. The van der Waals surface area contributed by atoms with E-state index in [0.717, 1.165) is 48.4 Å². The molecule has 0 fully saturated rings. The lowest BCUT2D eigenvalue weighted by molar-refractivity contribution is -0.120. The van der Waals surface area contributed by atoms with E-state index in [2.05, 4.69) is 24.1 Å². The van der Waals surface area contributed by atoms with Gasteiger partial charge in [-0.25, -0.2) is 4.79 Å². The summed E-state index contributed by atoms with van der Waals surface area (Å²) in [6.07, 6.45) is 3.86. The minimum Gasteiger partial charge on any atom is -0.496 e. The van der Waals surface area contributed by atoms with Crippen LogP contribution in [0.5, 0.6) is 11.5 Å². The Labute approximate surface area is 196 Å². The van der Waals surface area contributed by atoms with E-state index >= 15 is 0 Å². The molecule has 1 heterocycles. The smallest absolute Gasteiger partial charge is 0.337 e. The number of amides is 1. The molecule has 1 unspecified atom stereocenters. The van der Waals surface area contributed by atoms with Crippen LogP contribution < -0.4 is 19.7 Å². The van der Waals surface area contributed by atoms with Crippen LogP contribution in [0.3, 0.4) is 0 Å². The lowest BCUT2D eigenvalue weighted by Crippen LogP contribution is -2.32. The third-order valence-corrected chi connectivity index (χ3v) is 6.03. The van der Waals surface area contributed by atoms with Gasteiger partial charge in [-0.15, -0.1) is 0 Å². The van der Waals surface area contributed by atoms with Gasteiger partial charge in [0.25, 0.3) is 0 Å². The van der Waals surface area contributed by atoms with E-state index < -0.39 is 5.97 Å². The predicted molar refractivity (Wildman–Crippen MR) is 129 cm³/mol. The zero-order chi connectivity index (χ0) is 23.8. The van der Waals surface area contributed by atoms with Gasteiger partial charge in [-0.1, -0.05) is 32.8 Å². The quantitative estimate of drug-likeness (QED) is 0.507. The van der Waals surface area contributed by atoms with Gasteiger partial charge in [-0.3, -0.25) is 4.79 Å². The number of ether oxygens (including phenoxy) is 3. The minimum atomic E-state index is -0.402. The van der Waals surface area contributed by atoms with Crippen molar-refractivity contribution in [2.45, 2.75) is 46.1 Å². The van der Waals surface area contributed by atoms with E-state index in [1.54, 1.807) is 19.2 Å². The average molecular weight is 455 g/mol. The van der Waals surface area contributed by atoms with Crippen LogP contribution in [0, 0.1) is 5.92 Å². The van der Waals surface area contributed by atoms with Crippen molar-refractivity contribution in [3.63, 3.8) is 0 Å². The van der Waals surface area contributed by atoms with Crippen molar-refractivity contribution in [2.75, 3.05) is 37.6 Å². The van der Waals surface area contributed by atoms with Crippen LogP contribution in [0.15, 0.2) is 36.4 Å². The number of benzene rings is 2. The fourth-order valence-corrected chi connectivity index (χ4v) is 4.06. The summed E-state index contributed by atoms with van der Waals surface area (Å²) in [6.45, 7) is 6.03. The molecule has 0 saturated heterocycles. The van der Waals surface area contributed by atoms with Gasteiger partial charge in [0, 0.05) is 23.7 Å². The molecule has 1 aliphatic heterocycles. The lowest BCUT2D eigenvalue weighted by Gasteiger charge is -2.32. The Bertz CT molecular complexity index is 975. The second kappa shape index (κ2) is 11.6. The molecular weight excluding hydrogens is 420 g/mol. The van der Waals surface area contributed by atoms with Gasteiger partial charge in [-0.2, -0.15) is 0 Å². The Morgan fingerprint density at radius 2 is 1.97 bits per heavy atom. The van der Waals surface area contributed by atoms with E-state index in [0.29, 0.717) is 31.0 Å². The van der Waals surface area contributed by atoms with Gasteiger partial charge in [0.2, 0.25) is 5.91 Å². The third-order valence-electron chi connectivity index (χ3n) is 6.03. The van der Waals surface area contributed by atoms with Crippen LogP contribution in [0.2, 0.25) is 0 Å². The van der Waals surface area contributed by atoms with Crippen molar-refractivity contribution in [2.24, 2.45) is 5.92 Å². The van der Waals surface area contributed by atoms with Crippen LogP contribution in [-0.4, -0.2) is 39.2 Å². The Kier molecular flexibility index (Phi) is 8.58. The summed E-state index contributed by atoms with van der Waals surface area (Å²) in [7, 11) is 2.94. The van der Waals surface area contributed by atoms with E-state index in [-0.39, 0.29) is 11.8 Å². The predicted octanol–water partition coefficient (Wildman–Crippen LogP) is 5.04. The zero-order valence-electron chi connectivity index (χ0n) is 20.0. The molecule has 1 N–H and O–H groups in total. The summed E-state index contributed by atoms with van der Waals surface area (Å²) in [4.78, 5) is 26.8. The summed E-state index contributed by atoms with van der Waals surface area (Å²) in [5, 5.41) is 3.09. The normalized spacial score (nSPS) is 13.5. The number of carbonyl (C=O) groups is 2. The van der Waals surface area contributed by atoms with E-state index in [9.17, 15) is 9.59 Å². The molecule has 178 valence electrons. The molecule has 2 aromatic carbocycles. The van der Waals surface area contributed by atoms with Gasteiger partial charge < -0.3 is 24.4 Å². The van der Waals surface area contributed by atoms with Crippen molar-refractivity contribution in [1.29, 1.82) is 0 Å². The number of anilines is 2. The topological polar surface area (TPSA) is 77.1 Å². The number of unbranched alkanes of at least 4 members (excludes halogenated alkanes) is 1. The van der Waals surface area contributed by atoms with Gasteiger partial charge in [0.15, 0.2) is 0 Å².